The summed E-state index contributed by atoms with van der Waals surface area (Å²) in [6.07, 6.45) is 3.24. The fourth-order valence-electron chi connectivity index (χ4n) is 2.52. The van der Waals surface area contributed by atoms with Gasteiger partial charge in [-0.25, -0.2) is 18.1 Å². The van der Waals surface area contributed by atoms with Crippen LogP contribution in [0, 0.1) is 6.92 Å². The minimum absolute atomic E-state index is 0.0477. The number of hydrogen-bond donors (Lipinski definition) is 2. The van der Waals surface area contributed by atoms with Gasteiger partial charge >= 0.3 is 0 Å². The number of aryl methyl sites for hydroxylation is 1. The van der Waals surface area contributed by atoms with Crippen LogP contribution in [0.15, 0.2) is 29.3 Å². The molecule has 0 spiro atoms. The van der Waals surface area contributed by atoms with Crippen molar-refractivity contribution in [2.75, 3.05) is 18.5 Å². The van der Waals surface area contributed by atoms with Crippen molar-refractivity contribution >= 4 is 44.0 Å². The van der Waals surface area contributed by atoms with E-state index in [1.807, 2.05) is 6.92 Å². The van der Waals surface area contributed by atoms with Crippen LogP contribution in [0.25, 0.3) is 0 Å². The fraction of sp³-hybridized carbons (Fsp3) is 0.375. The van der Waals surface area contributed by atoms with Crippen LogP contribution in [0.5, 0.6) is 0 Å². The van der Waals surface area contributed by atoms with Gasteiger partial charge in [0.25, 0.3) is 5.91 Å². The number of aromatic nitrogens is 1. The second-order valence-corrected chi connectivity index (χ2v) is 9.24. The van der Waals surface area contributed by atoms with Crippen molar-refractivity contribution < 1.29 is 17.9 Å². The normalized spacial score (nSPS) is 17.4. The van der Waals surface area contributed by atoms with Gasteiger partial charge < -0.3 is 4.74 Å². The molecule has 1 fully saturated rings. The Kier molecular flexibility index (Phi) is 5.93. The predicted octanol–water partition coefficient (Wildman–Crippen LogP) is 2.81. The largest absolute Gasteiger partial charge is 0.377 e. The highest BCUT2D eigenvalue weighted by Crippen LogP contribution is 2.24. The van der Waals surface area contributed by atoms with Crippen molar-refractivity contribution in [1.29, 1.82) is 0 Å². The Hall–Kier alpha value is -1.52. The molecular weight excluding hydrogens is 398 g/mol. The Morgan fingerprint density at radius 1 is 1.46 bits per heavy atom. The number of hydrogen-bond acceptors (Lipinski definition) is 6. The van der Waals surface area contributed by atoms with Gasteiger partial charge in [0.2, 0.25) is 10.0 Å². The number of halogens is 1. The number of sulfonamides is 1. The molecule has 2 N–H and O–H groups in total. The first-order valence-corrected chi connectivity index (χ1v) is 10.7. The zero-order chi connectivity index (χ0) is 18.7. The maximum Gasteiger partial charge on any atom is 0.257 e. The summed E-state index contributed by atoms with van der Waals surface area (Å²) < 4.78 is 33.0. The molecule has 2 aromatic rings. The monoisotopic (exact) mass is 415 g/mol. The predicted molar refractivity (Wildman–Crippen MR) is 100 cm³/mol. The molecule has 2 heterocycles. The van der Waals surface area contributed by atoms with E-state index in [-0.39, 0.29) is 28.1 Å². The van der Waals surface area contributed by atoms with E-state index in [0.717, 1.165) is 17.7 Å². The lowest BCUT2D eigenvalue weighted by atomic mass is 10.2. The number of anilines is 1. The molecule has 0 bridgehead atoms. The van der Waals surface area contributed by atoms with Crippen LogP contribution in [0.2, 0.25) is 5.02 Å². The smallest absolute Gasteiger partial charge is 0.257 e. The van der Waals surface area contributed by atoms with Crippen LogP contribution in [-0.2, 0) is 14.8 Å². The second-order valence-electron chi connectivity index (χ2n) is 5.86. The maximum absolute atomic E-state index is 12.6. The number of carbonyl (C=O) groups is 1. The lowest BCUT2D eigenvalue weighted by Crippen LogP contribution is -2.32. The molecule has 140 valence electrons. The van der Waals surface area contributed by atoms with Crippen molar-refractivity contribution in [3.8, 4) is 0 Å². The molecule has 0 radical (unpaired) electrons. The molecule has 0 unspecified atom stereocenters. The molecule has 1 aliphatic heterocycles. The average molecular weight is 416 g/mol. The molecule has 10 heteroatoms. The summed E-state index contributed by atoms with van der Waals surface area (Å²) in [5, 5.41) is 3.14. The van der Waals surface area contributed by atoms with Crippen LogP contribution in [-0.4, -0.2) is 38.6 Å². The number of nitrogens with one attached hydrogen (secondary N) is 2. The quantitative estimate of drug-likeness (QED) is 0.756. The number of thiazole rings is 1. The Labute approximate surface area is 160 Å². The van der Waals surface area contributed by atoms with Crippen molar-refractivity contribution in [2.45, 2.75) is 30.8 Å². The zero-order valence-corrected chi connectivity index (χ0v) is 16.4. The van der Waals surface area contributed by atoms with E-state index >= 15 is 0 Å². The molecule has 1 aliphatic rings. The van der Waals surface area contributed by atoms with Gasteiger partial charge in [-0.3, -0.25) is 10.1 Å². The van der Waals surface area contributed by atoms with Gasteiger partial charge in [-0.15, -0.1) is 11.3 Å². The number of carbonyl (C=O) groups excluding carboxylic acids is 1. The summed E-state index contributed by atoms with van der Waals surface area (Å²) >= 11 is 7.38. The minimum atomic E-state index is -3.86. The summed E-state index contributed by atoms with van der Waals surface area (Å²) in [6.45, 7) is 2.69. The van der Waals surface area contributed by atoms with Gasteiger partial charge in [-0.1, -0.05) is 11.6 Å². The molecule has 1 aromatic carbocycles. The number of ether oxygens (including phenoxy) is 1. The van der Waals surface area contributed by atoms with E-state index in [4.69, 9.17) is 16.3 Å². The number of nitrogens with zero attached hydrogens (tertiary/aromatic N) is 1. The van der Waals surface area contributed by atoms with Crippen LogP contribution in [0.3, 0.4) is 0 Å². The minimum Gasteiger partial charge on any atom is -0.377 e. The third kappa shape index (κ3) is 4.60. The van der Waals surface area contributed by atoms with Crippen molar-refractivity contribution in [1.82, 2.24) is 9.71 Å². The van der Waals surface area contributed by atoms with Crippen LogP contribution in [0.1, 0.15) is 28.1 Å². The lowest BCUT2D eigenvalue weighted by molar-refractivity contribution is 0.102. The van der Waals surface area contributed by atoms with E-state index in [9.17, 15) is 13.2 Å². The maximum atomic E-state index is 12.6. The SMILES string of the molecule is Cc1cnc(NC(=O)c2ccc(Cl)c(S(=O)(=O)NC[C@@H]3CCCO3)c2)s1. The molecule has 3 rings (SSSR count). The van der Waals surface area contributed by atoms with E-state index in [2.05, 4.69) is 15.0 Å². The third-order valence-corrected chi connectivity index (χ3v) is 6.58. The molecule has 0 saturated carbocycles. The van der Waals surface area contributed by atoms with Gasteiger partial charge in [0.15, 0.2) is 5.13 Å². The number of benzene rings is 1. The number of rotatable bonds is 6. The van der Waals surface area contributed by atoms with Gasteiger partial charge in [0, 0.05) is 29.8 Å². The first-order valence-electron chi connectivity index (χ1n) is 8.00. The Bertz CT molecular complexity index is 908. The van der Waals surface area contributed by atoms with Gasteiger partial charge in [0.05, 0.1) is 11.1 Å². The zero-order valence-electron chi connectivity index (χ0n) is 14.0. The van der Waals surface area contributed by atoms with Gasteiger partial charge in [-0.2, -0.15) is 0 Å². The highest BCUT2D eigenvalue weighted by Gasteiger charge is 2.23. The summed E-state index contributed by atoms with van der Waals surface area (Å²) in [5.41, 5.74) is 0.180. The first kappa shape index (κ1) is 19.2. The molecule has 26 heavy (non-hydrogen) atoms. The Balaban J connectivity index is 1.76. The van der Waals surface area contributed by atoms with E-state index in [0.29, 0.717) is 11.7 Å². The van der Waals surface area contributed by atoms with Crippen molar-refractivity contribution in [3.05, 3.63) is 39.9 Å². The molecule has 1 amide bonds. The van der Waals surface area contributed by atoms with Crippen LogP contribution >= 0.6 is 22.9 Å². The second kappa shape index (κ2) is 8.01. The fourth-order valence-corrected chi connectivity index (χ4v) is 4.77. The highest BCUT2D eigenvalue weighted by molar-refractivity contribution is 7.89. The van der Waals surface area contributed by atoms with E-state index in [1.165, 1.54) is 29.5 Å². The van der Waals surface area contributed by atoms with Crippen molar-refractivity contribution in [2.24, 2.45) is 0 Å². The molecule has 0 aliphatic carbocycles. The molecular formula is C16H18ClN3O4S2. The lowest BCUT2D eigenvalue weighted by Gasteiger charge is -2.13. The standard InChI is InChI=1S/C16H18ClN3O4S2/c1-10-8-18-16(25-10)20-15(21)11-4-5-13(17)14(7-11)26(22,23)19-9-12-3-2-6-24-12/h4-5,7-8,12,19H,2-3,6,9H2,1H3,(H,18,20,21)/t12-/m0/s1. The summed E-state index contributed by atoms with van der Waals surface area (Å²) in [6, 6.07) is 4.12. The molecule has 1 atom stereocenters. The third-order valence-electron chi connectivity index (χ3n) is 3.85. The topological polar surface area (TPSA) is 97.4 Å². The highest BCUT2D eigenvalue weighted by atomic mass is 35.5. The molecule has 1 aromatic heterocycles. The molecule has 7 nitrogen and oxygen atoms in total. The van der Waals surface area contributed by atoms with Crippen LogP contribution in [0.4, 0.5) is 5.13 Å². The van der Waals surface area contributed by atoms with Crippen LogP contribution < -0.4 is 10.0 Å². The molecule has 1 saturated heterocycles. The number of amides is 1. The van der Waals surface area contributed by atoms with Gasteiger partial charge in [0.1, 0.15) is 4.90 Å². The Morgan fingerprint density at radius 3 is 2.92 bits per heavy atom. The first-order chi connectivity index (χ1) is 12.3. The summed E-state index contributed by atoms with van der Waals surface area (Å²) in [7, 11) is -3.86. The average Bonchev–Trinajstić information content (AvgIpc) is 3.25. The summed E-state index contributed by atoms with van der Waals surface area (Å²) in [4.78, 5) is 17.2. The van der Waals surface area contributed by atoms with Gasteiger partial charge in [-0.05, 0) is 38.0 Å². The van der Waals surface area contributed by atoms with E-state index in [1.54, 1.807) is 6.20 Å². The van der Waals surface area contributed by atoms with Crippen molar-refractivity contribution in [3.63, 3.8) is 0 Å². The summed E-state index contributed by atoms with van der Waals surface area (Å²) in [5.74, 6) is -0.452. The van der Waals surface area contributed by atoms with E-state index < -0.39 is 15.9 Å². The Morgan fingerprint density at radius 2 is 2.27 bits per heavy atom.